The highest BCUT2D eigenvalue weighted by Crippen LogP contribution is 2.21. The lowest BCUT2D eigenvalue weighted by atomic mass is 10.1. The smallest absolute Gasteiger partial charge is 0.131 e. The summed E-state index contributed by atoms with van der Waals surface area (Å²) in [5.41, 5.74) is 6.75. The van der Waals surface area contributed by atoms with Crippen LogP contribution in [0.3, 0.4) is 0 Å². The van der Waals surface area contributed by atoms with Gasteiger partial charge in [-0.1, -0.05) is 6.07 Å². The van der Waals surface area contributed by atoms with Crippen LogP contribution in [0.4, 0.5) is 8.78 Å². The molecule has 2 N–H and O–H groups in total. The largest absolute Gasteiger partial charge is 0.489 e. The minimum absolute atomic E-state index is 0.0450. The van der Waals surface area contributed by atoms with E-state index in [1.54, 1.807) is 19.1 Å². The molecule has 0 saturated heterocycles. The standard InChI is InChI=1S/C16H14F2N2O/c1-10(20)15-3-2-14(7-16(15)18)21-9-12-4-11(8-19)5-13(17)6-12/h2-7,10H,9,20H2,1H3/t10-/m1/s1. The van der Waals surface area contributed by atoms with E-state index in [4.69, 9.17) is 15.7 Å². The van der Waals surface area contributed by atoms with Crippen molar-refractivity contribution < 1.29 is 13.5 Å². The first-order valence-corrected chi connectivity index (χ1v) is 6.37. The highest BCUT2D eigenvalue weighted by Gasteiger charge is 2.08. The number of halogens is 2. The van der Waals surface area contributed by atoms with Gasteiger partial charge in [0.1, 0.15) is 24.0 Å². The predicted molar refractivity (Wildman–Crippen MR) is 74.4 cm³/mol. The lowest BCUT2D eigenvalue weighted by Gasteiger charge is -2.10. The van der Waals surface area contributed by atoms with Gasteiger partial charge in [-0.3, -0.25) is 0 Å². The van der Waals surface area contributed by atoms with Crippen LogP contribution < -0.4 is 10.5 Å². The lowest BCUT2D eigenvalue weighted by Crippen LogP contribution is -2.07. The van der Waals surface area contributed by atoms with Gasteiger partial charge in [-0.15, -0.1) is 0 Å². The number of benzene rings is 2. The Hall–Kier alpha value is -2.45. The molecule has 0 aromatic heterocycles. The molecule has 0 heterocycles. The van der Waals surface area contributed by atoms with Crippen LogP contribution in [0.5, 0.6) is 5.75 Å². The molecule has 1 atom stereocenters. The molecule has 0 saturated carbocycles. The highest BCUT2D eigenvalue weighted by atomic mass is 19.1. The second kappa shape index (κ2) is 6.33. The Balaban J connectivity index is 2.12. The molecule has 2 aromatic rings. The van der Waals surface area contributed by atoms with Crippen LogP contribution in [-0.4, -0.2) is 0 Å². The molecular formula is C16H14F2N2O. The second-order valence-corrected chi connectivity index (χ2v) is 4.72. The van der Waals surface area contributed by atoms with Crippen molar-refractivity contribution in [2.75, 3.05) is 0 Å². The van der Waals surface area contributed by atoms with E-state index in [0.29, 0.717) is 16.9 Å². The number of rotatable bonds is 4. The van der Waals surface area contributed by atoms with Crippen molar-refractivity contribution in [2.45, 2.75) is 19.6 Å². The van der Waals surface area contributed by atoms with Gasteiger partial charge in [0.15, 0.2) is 0 Å². The average molecular weight is 288 g/mol. The van der Waals surface area contributed by atoms with Crippen molar-refractivity contribution in [3.05, 3.63) is 64.7 Å². The number of nitrogens with zero attached hydrogens (tertiary/aromatic N) is 1. The molecule has 0 amide bonds. The molecule has 0 aliphatic heterocycles. The summed E-state index contributed by atoms with van der Waals surface area (Å²) >= 11 is 0. The molecule has 0 aliphatic carbocycles. The maximum absolute atomic E-state index is 13.7. The zero-order valence-electron chi connectivity index (χ0n) is 11.4. The van der Waals surface area contributed by atoms with E-state index in [-0.39, 0.29) is 12.2 Å². The SMILES string of the molecule is C[C@@H](N)c1ccc(OCc2cc(F)cc(C#N)c2)cc1F. The Bertz CT molecular complexity index is 693. The third-order valence-corrected chi connectivity index (χ3v) is 2.95. The summed E-state index contributed by atoms with van der Waals surface area (Å²) in [6.45, 7) is 1.73. The fourth-order valence-electron chi connectivity index (χ4n) is 1.93. The van der Waals surface area contributed by atoms with Crippen LogP contribution in [0.15, 0.2) is 36.4 Å². The molecule has 3 nitrogen and oxygen atoms in total. The third kappa shape index (κ3) is 3.77. The molecule has 5 heteroatoms. The van der Waals surface area contributed by atoms with Gasteiger partial charge in [0.2, 0.25) is 0 Å². The second-order valence-electron chi connectivity index (χ2n) is 4.72. The quantitative estimate of drug-likeness (QED) is 0.937. The highest BCUT2D eigenvalue weighted by molar-refractivity contribution is 5.34. The first kappa shape index (κ1) is 14.9. The number of ether oxygens (including phenoxy) is 1. The van der Waals surface area contributed by atoms with Gasteiger partial charge in [-0.2, -0.15) is 5.26 Å². The monoisotopic (exact) mass is 288 g/mol. The van der Waals surface area contributed by atoms with Gasteiger partial charge < -0.3 is 10.5 Å². The van der Waals surface area contributed by atoms with Crippen molar-refractivity contribution in [1.82, 2.24) is 0 Å². The fraction of sp³-hybridized carbons (Fsp3) is 0.188. The van der Waals surface area contributed by atoms with Crippen molar-refractivity contribution >= 4 is 0 Å². The summed E-state index contributed by atoms with van der Waals surface area (Å²) in [6, 6.07) is 9.80. The first-order valence-electron chi connectivity index (χ1n) is 6.37. The van der Waals surface area contributed by atoms with Crippen LogP contribution >= 0.6 is 0 Å². The molecule has 0 spiro atoms. The summed E-state index contributed by atoms with van der Waals surface area (Å²) in [7, 11) is 0. The summed E-state index contributed by atoms with van der Waals surface area (Å²) in [5.74, 6) is -0.634. The van der Waals surface area contributed by atoms with E-state index >= 15 is 0 Å². The summed E-state index contributed by atoms with van der Waals surface area (Å²) in [4.78, 5) is 0. The summed E-state index contributed by atoms with van der Waals surface area (Å²) in [5, 5.41) is 8.77. The van der Waals surface area contributed by atoms with Crippen LogP contribution in [0.25, 0.3) is 0 Å². The van der Waals surface area contributed by atoms with Crippen molar-refractivity contribution in [3.63, 3.8) is 0 Å². The first-order chi connectivity index (χ1) is 9.99. The van der Waals surface area contributed by atoms with Crippen LogP contribution in [0.2, 0.25) is 0 Å². The number of hydrogen-bond donors (Lipinski definition) is 1. The van der Waals surface area contributed by atoms with Crippen LogP contribution in [0.1, 0.15) is 29.7 Å². The summed E-state index contributed by atoms with van der Waals surface area (Å²) < 4.78 is 32.4. The van der Waals surface area contributed by atoms with Gasteiger partial charge >= 0.3 is 0 Å². The molecule has 108 valence electrons. The molecule has 0 fully saturated rings. The molecule has 0 aliphatic rings. The van der Waals surface area contributed by atoms with E-state index in [1.807, 2.05) is 6.07 Å². The predicted octanol–water partition coefficient (Wildman–Crippen LogP) is 3.44. The van der Waals surface area contributed by atoms with E-state index in [2.05, 4.69) is 0 Å². The molecule has 21 heavy (non-hydrogen) atoms. The molecule has 2 aromatic carbocycles. The van der Waals surface area contributed by atoms with Crippen molar-refractivity contribution in [1.29, 1.82) is 5.26 Å². The van der Waals surface area contributed by atoms with E-state index in [1.165, 1.54) is 18.2 Å². The zero-order chi connectivity index (χ0) is 15.4. The average Bonchev–Trinajstić information content (AvgIpc) is 2.44. The molecular weight excluding hydrogens is 274 g/mol. The van der Waals surface area contributed by atoms with Gasteiger partial charge in [0.25, 0.3) is 0 Å². The van der Waals surface area contributed by atoms with Crippen molar-refractivity contribution in [2.24, 2.45) is 5.73 Å². The molecule has 2 rings (SSSR count). The van der Waals surface area contributed by atoms with E-state index in [0.717, 1.165) is 6.07 Å². The van der Waals surface area contributed by atoms with E-state index in [9.17, 15) is 8.78 Å². The Morgan fingerprint density at radius 1 is 1.24 bits per heavy atom. The third-order valence-electron chi connectivity index (χ3n) is 2.95. The maximum atomic E-state index is 13.7. The maximum Gasteiger partial charge on any atom is 0.131 e. The Morgan fingerprint density at radius 3 is 2.62 bits per heavy atom. The van der Waals surface area contributed by atoms with Crippen LogP contribution in [0, 0.1) is 23.0 Å². The van der Waals surface area contributed by atoms with Gasteiger partial charge in [-0.25, -0.2) is 8.78 Å². The minimum atomic E-state index is -0.508. The number of nitrogens with two attached hydrogens (primary N) is 1. The zero-order valence-corrected chi connectivity index (χ0v) is 11.4. The van der Waals surface area contributed by atoms with Gasteiger partial charge in [0.05, 0.1) is 11.6 Å². The fourth-order valence-corrected chi connectivity index (χ4v) is 1.93. The topological polar surface area (TPSA) is 59.0 Å². The lowest BCUT2D eigenvalue weighted by molar-refractivity contribution is 0.303. The van der Waals surface area contributed by atoms with Gasteiger partial charge in [-0.05, 0) is 36.8 Å². The Morgan fingerprint density at radius 2 is 2.00 bits per heavy atom. The normalized spacial score (nSPS) is 11.8. The molecule has 0 bridgehead atoms. The number of nitriles is 1. The molecule has 0 unspecified atom stereocenters. The molecule has 0 radical (unpaired) electrons. The number of hydrogen-bond acceptors (Lipinski definition) is 3. The van der Waals surface area contributed by atoms with Gasteiger partial charge in [0, 0.05) is 17.7 Å². The van der Waals surface area contributed by atoms with Crippen molar-refractivity contribution in [3.8, 4) is 11.8 Å². The summed E-state index contributed by atoms with van der Waals surface area (Å²) in [6.07, 6.45) is 0. The Labute approximate surface area is 121 Å². The Kier molecular flexibility index (Phi) is 4.51. The van der Waals surface area contributed by atoms with Crippen LogP contribution in [-0.2, 0) is 6.61 Å². The van der Waals surface area contributed by atoms with E-state index < -0.39 is 17.7 Å². The minimum Gasteiger partial charge on any atom is -0.489 e.